The molecule has 2 N–H and O–H groups in total. The SMILES string of the molecule is OC1C[NH+]=NO1. The average molecular weight is 89.1 g/mol. The molecule has 0 spiro atoms. The van der Waals surface area contributed by atoms with Crippen molar-refractivity contribution < 1.29 is 15.1 Å². The van der Waals surface area contributed by atoms with Gasteiger partial charge in [0.15, 0.2) is 5.28 Å². The second-order valence-corrected chi connectivity index (χ2v) is 1.01. The summed E-state index contributed by atoms with van der Waals surface area (Å²) in [6.07, 6.45) is -0.731. The maximum Gasteiger partial charge on any atom is 0.291 e. The van der Waals surface area contributed by atoms with Crippen LogP contribution in [0.15, 0.2) is 5.28 Å². The van der Waals surface area contributed by atoms with Crippen LogP contribution in [0.2, 0.25) is 0 Å². The van der Waals surface area contributed by atoms with Crippen LogP contribution in [0.1, 0.15) is 0 Å². The van der Waals surface area contributed by atoms with Crippen LogP contribution in [0.3, 0.4) is 0 Å². The summed E-state index contributed by atoms with van der Waals surface area (Å²) in [6, 6.07) is 0. The first-order valence-electron chi connectivity index (χ1n) is 1.66. The van der Waals surface area contributed by atoms with E-state index in [2.05, 4.69) is 15.2 Å². The van der Waals surface area contributed by atoms with Gasteiger partial charge >= 0.3 is 0 Å². The van der Waals surface area contributed by atoms with E-state index in [-0.39, 0.29) is 0 Å². The zero-order valence-corrected chi connectivity index (χ0v) is 3.09. The summed E-state index contributed by atoms with van der Waals surface area (Å²) in [7, 11) is 0. The summed E-state index contributed by atoms with van der Waals surface area (Å²) in [6.45, 7) is 0.403. The lowest BCUT2D eigenvalue weighted by molar-refractivity contribution is -0.528. The number of nitrogens with one attached hydrogen (secondary N) is 1. The predicted octanol–water partition coefficient (Wildman–Crippen LogP) is -2.22. The Kier molecular flexibility index (Phi) is 0.719. The molecule has 0 aromatic rings. The Labute approximate surface area is 34.4 Å². The van der Waals surface area contributed by atoms with Gasteiger partial charge in [0, 0.05) is 0 Å². The van der Waals surface area contributed by atoms with Gasteiger partial charge in [0.05, 0.1) is 0 Å². The summed E-state index contributed by atoms with van der Waals surface area (Å²) in [4.78, 5) is 4.22. The Morgan fingerprint density at radius 2 is 2.83 bits per heavy atom. The summed E-state index contributed by atoms with van der Waals surface area (Å²) in [5, 5.41) is 13.9. The third-order valence-corrected chi connectivity index (χ3v) is 0.505. The fourth-order valence-electron chi connectivity index (χ4n) is 0.251. The molecule has 1 rings (SSSR count). The largest absolute Gasteiger partial charge is 0.352 e. The van der Waals surface area contributed by atoms with Gasteiger partial charge in [-0.2, -0.15) is 0 Å². The van der Waals surface area contributed by atoms with Crippen molar-refractivity contribution >= 4 is 0 Å². The van der Waals surface area contributed by atoms with Crippen molar-refractivity contribution in [3.8, 4) is 0 Å². The van der Waals surface area contributed by atoms with E-state index in [4.69, 9.17) is 5.11 Å². The van der Waals surface area contributed by atoms with E-state index < -0.39 is 6.29 Å². The van der Waals surface area contributed by atoms with Crippen molar-refractivity contribution in [3.63, 3.8) is 0 Å². The predicted molar refractivity (Wildman–Crippen MR) is 15.3 cm³/mol. The van der Waals surface area contributed by atoms with E-state index in [1.54, 1.807) is 0 Å². The van der Waals surface area contributed by atoms with Gasteiger partial charge in [-0.15, -0.1) is 0 Å². The minimum absolute atomic E-state index is 0.403. The van der Waals surface area contributed by atoms with E-state index >= 15 is 0 Å². The van der Waals surface area contributed by atoms with Crippen LogP contribution < -0.4 is 5.11 Å². The molecule has 1 unspecified atom stereocenters. The van der Waals surface area contributed by atoms with Crippen LogP contribution in [0.5, 0.6) is 0 Å². The molecule has 0 aliphatic carbocycles. The summed E-state index contributed by atoms with van der Waals surface area (Å²) in [5.74, 6) is 0. The minimum Gasteiger partial charge on any atom is -0.352 e. The van der Waals surface area contributed by atoms with Crippen LogP contribution in [0, 0.1) is 0 Å². The molecule has 0 amide bonds. The van der Waals surface area contributed by atoms with E-state index in [9.17, 15) is 0 Å². The number of aliphatic hydroxyl groups excluding tert-OH is 1. The number of rotatable bonds is 0. The van der Waals surface area contributed by atoms with Crippen molar-refractivity contribution in [1.29, 1.82) is 0 Å². The highest BCUT2D eigenvalue weighted by atomic mass is 16.7. The Bertz CT molecular complexity index is 63.9. The van der Waals surface area contributed by atoms with Gasteiger partial charge in [0.2, 0.25) is 6.54 Å². The van der Waals surface area contributed by atoms with Crippen molar-refractivity contribution in [2.45, 2.75) is 6.29 Å². The molecular formula is C2H5N2O2+. The molecule has 1 aliphatic heterocycles. The van der Waals surface area contributed by atoms with Crippen LogP contribution in [0.4, 0.5) is 0 Å². The highest BCUT2D eigenvalue weighted by Gasteiger charge is 2.13. The molecule has 6 heavy (non-hydrogen) atoms. The standard InChI is InChI=1S/C2H4N2O2/c5-2-1-3-4-6-2/h2,5H,1H2/p+1. The van der Waals surface area contributed by atoms with Crippen LogP contribution in [-0.4, -0.2) is 17.9 Å². The highest BCUT2D eigenvalue weighted by Crippen LogP contribution is 1.81. The van der Waals surface area contributed by atoms with E-state index in [1.165, 1.54) is 0 Å². The van der Waals surface area contributed by atoms with E-state index in [1.807, 2.05) is 0 Å². The smallest absolute Gasteiger partial charge is 0.291 e. The molecule has 1 heterocycles. The molecule has 0 saturated heterocycles. The molecule has 4 heteroatoms. The fraction of sp³-hybridized carbons (Fsp3) is 1.00. The number of aliphatic hydroxyl groups is 1. The molecule has 1 aliphatic rings. The molecule has 0 bridgehead atoms. The third kappa shape index (κ3) is 0.463. The van der Waals surface area contributed by atoms with Crippen molar-refractivity contribution in [2.24, 2.45) is 5.28 Å². The molecular weight excluding hydrogens is 84.0 g/mol. The first kappa shape index (κ1) is 3.55. The van der Waals surface area contributed by atoms with Crippen molar-refractivity contribution in [1.82, 2.24) is 0 Å². The quantitative estimate of drug-likeness (QED) is 0.353. The Morgan fingerprint density at radius 3 is 3.00 bits per heavy atom. The summed E-state index contributed by atoms with van der Waals surface area (Å²) in [5.41, 5.74) is 0. The Morgan fingerprint density at radius 1 is 2.00 bits per heavy atom. The monoisotopic (exact) mass is 89.0 g/mol. The maximum atomic E-state index is 8.35. The average Bonchev–Trinajstić information content (AvgIpc) is 1.86. The van der Waals surface area contributed by atoms with Gasteiger partial charge in [-0.05, 0) is 0 Å². The number of nitrogens with zero attached hydrogens (tertiary/aromatic N) is 1. The van der Waals surface area contributed by atoms with Crippen LogP contribution in [-0.2, 0) is 4.84 Å². The Hall–Kier alpha value is -0.640. The lowest BCUT2D eigenvalue weighted by Crippen LogP contribution is -2.64. The number of β-amino-alcohol motifs (C(OH)–C–C–N with tert-alkyl or cyclic N) is 1. The van der Waals surface area contributed by atoms with Crippen LogP contribution >= 0.6 is 0 Å². The van der Waals surface area contributed by atoms with E-state index in [0.717, 1.165) is 0 Å². The first-order valence-corrected chi connectivity index (χ1v) is 1.66. The first-order chi connectivity index (χ1) is 2.89. The van der Waals surface area contributed by atoms with Crippen LogP contribution in [0.25, 0.3) is 0 Å². The van der Waals surface area contributed by atoms with Gasteiger partial charge in [0.25, 0.3) is 6.29 Å². The second kappa shape index (κ2) is 1.22. The molecule has 1 atom stereocenters. The topological polar surface area (TPSA) is 55.8 Å². The zero-order valence-electron chi connectivity index (χ0n) is 3.09. The zero-order chi connectivity index (χ0) is 4.41. The maximum absolute atomic E-state index is 8.35. The lowest BCUT2D eigenvalue weighted by atomic mass is 10.7. The molecule has 0 radical (unpaired) electrons. The normalized spacial score (nSPS) is 30.5. The fourth-order valence-corrected chi connectivity index (χ4v) is 0.251. The highest BCUT2D eigenvalue weighted by molar-refractivity contribution is 4.27. The molecule has 0 aromatic heterocycles. The van der Waals surface area contributed by atoms with Crippen molar-refractivity contribution in [3.05, 3.63) is 0 Å². The van der Waals surface area contributed by atoms with Gasteiger partial charge in [-0.25, -0.2) is 0 Å². The van der Waals surface area contributed by atoms with E-state index in [0.29, 0.717) is 6.54 Å². The molecule has 0 saturated carbocycles. The minimum atomic E-state index is -0.731. The van der Waals surface area contributed by atoms with Gasteiger partial charge < -0.3 is 9.94 Å². The van der Waals surface area contributed by atoms with Gasteiger partial charge in [-0.3, -0.25) is 0 Å². The lowest BCUT2D eigenvalue weighted by Gasteiger charge is -1.84. The third-order valence-electron chi connectivity index (χ3n) is 0.505. The number of hydrogen-bond acceptors (Lipinski definition) is 3. The summed E-state index contributed by atoms with van der Waals surface area (Å²) < 4.78 is 0. The van der Waals surface area contributed by atoms with Gasteiger partial charge in [-0.1, -0.05) is 5.11 Å². The molecule has 34 valence electrons. The molecule has 4 nitrogen and oxygen atoms in total. The Balaban J connectivity index is 2.32. The second-order valence-electron chi connectivity index (χ2n) is 1.01. The number of hydrogen-bond donors (Lipinski definition) is 2. The van der Waals surface area contributed by atoms with Crippen molar-refractivity contribution in [2.75, 3.05) is 6.54 Å². The molecule has 0 aromatic carbocycles. The summed E-state index contributed by atoms with van der Waals surface area (Å²) >= 11 is 0. The molecule has 0 fully saturated rings. The van der Waals surface area contributed by atoms with Gasteiger partial charge in [0.1, 0.15) is 0 Å².